The fourth-order valence-electron chi connectivity index (χ4n) is 2.45. The van der Waals surface area contributed by atoms with E-state index >= 15 is 0 Å². The van der Waals surface area contributed by atoms with Crippen molar-refractivity contribution < 1.29 is 0 Å². The van der Waals surface area contributed by atoms with Gasteiger partial charge < -0.3 is 0 Å². The molecule has 0 spiro atoms. The number of aryl methyl sites for hydroxylation is 1. The summed E-state index contributed by atoms with van der Waals surface area (Å²) in [5.74, 6) is 0.818. The molecule has 1 aliphatic rings. The molecular weight excluding hydrogens is 168 g/mol. The van der Waals surface area contributed by atoms with E-state index in [9.17, 15) is 0 Å². The van der Waals surface area contributed by atoms with Gasteiger partial charge in [-0.15, -0.1) is 0 Å². The zero-order valence-electron chi connectivity index (χ0n) is 9.51. The second-order valence-corrected chi connectivity index (χ2v) is 5.24. The highest BCUT2D eigenvalue weighted by molar-refractivity contribution is 5.33. The van der Waals surface area contributed by atoms with Crippen molar-refractivity contribution in [2.75, 3.05) is 0 Å². The zero-order chi connectivity index (χ0) is 10.2. The SMILES string of the molecule is Cc1ccc(C2(CC(C)C)CC2)cc1. The van der Waals surface area contributed by atoms with Crippen LogP contribution in [-0.2, 0) is 5.41 Å². The Bertz CT molecular complexity index is 301. The quantitative estimate of drug-likeness (QED) is 0.670. The molecule has 14 heavy (non-hydrogen) atoms. The maximum absolute atomic E-state index is 2.33. The van der Waals surface area contributed by atoms with Gasteiger partial charge in [0.1, 0.15) is 0 Å². The molecule has 1 aromatic rings. The minimum atomic E-state index is 0.557. The molecule has 0 aromatic heterocycles. The van der Waals surface area contributed by atoms with Gasteiger partial charge in [0.2, 0.25) is 0 Å². The van der Waals surface area contributed by atoms with E-state index in [1.807, 2.05) is 0 Å². The van der Waals surface area contributed by atoms with Crippen molar-refractivity contribution in [3.05, 3.63) is 35.4 Å². The Hall–Kier alpha value is -0.780. The van der Waals surface area contributed by atoms with E-state index < -0.39 is 0 Å². The van der Waals surface area contributed by atoms with Crippen LogP contribution in [0.5, 0.6) is 0 Å². The molecule has 0 saturated heterocycles. The van der Waals surface area contributed by atoms with Gasteiger partial charge in [0, 0.05) is 0 Å². The summed E-state index contributed by atoms with van der Waals surface area (Å²) >= 11 is 0. The van der Waals surface area contributed by atoms with Crippen LogP contribution in [0, 0.1) is 12.8 Å². The molecular formula is C14H20. The standard InChI is InChI=1S/C14H20/c1-11(2)10-14(8-9-14)13-6-4-12(3)5-7-13/h4-7,11H,8-10H2,1-3H3. The molecule has 0 aliphatic heterocycles. The maximum atomic E-state index is 2.33. The van der Waals surface area contributed by atoms with Crippen LogP contribution in [0.2, 0.25) is 0 Å². The summed E-state index contributed by atoms with van der Waals surface area (Å²) in [6.07, 6.45) is 4.15. The van der Waals surface area contributed by atoms with Crippen LogP contribution in [0.1, 0.15) is 44.2 Å². The van der Waals surface area contributed by atoms with Gasteiger partial charge in [0.15, 0.2) is 0 Å². The average molecular weight is 188 g/mol. The maximum Gasteiger partial charge on any atom is -0.00439 e. The molecule has 0 heterocycles. The molecule has 0 atom stereocenters. The lowest BCUT2D eigenvalue weighted by Crippen LogP contribution is -2.09. The Labute approximate surface area is 87.3 Å². The summed E-state index contributed by atoms with van der Waals surface area (Å²) in [6.45, 7) is 6.81. The summed E-state index contributed by atoms with van der Waals surface area (Å²) in [4.78, 5) is 0. The van der Waals surface area contributed by atoms with Crippen LogP contribution in [-0.4, -0.2) is 0 Å². The molecule has 0 amide bonds. The minimum absolute atomic E-state index is 0.557. The molecule has 1 saturated carbocycles. The zero-order valence-corrected chi connectivity index (χ0v) is 9.51. The van der Waals surface area contributed by atoms with Gasteiger partial charge in [-0.1, -0.05) is 43.7 Å². The molecule has 0 radical (unpaired) electrons. The van der Waals surface area contributed by atoms with Crippen molar-refractivity contribution in [3.63, 3.8) is 0 Å². The second-order valence-electron chi connectivity index (χ2n) is 5.24. The first kappa shape index (κ1) is 9.76. The molecule has 0 bridgehead atoms. The van der Waals surface area contributed by atoms with Gasteiger partial charge in [-0.3, -0.25) is 0 Å². The molecule has 1 fully saturated rings. The third-order valence-corrected chi connectivity index (χ3v) is 3.32. The van der Waals surface area contributed by atoms with Crippen LogP contribution in [0.15, 0.2) is 24.3 Å². The van der Waals surface area contributed by atoms with Crippen LogP contribution in [0.3, 0.4) is 0 Å². The normalized spacial score (nSPS) is 18.6. The number of hydrogen-bond donors (Lipinski definition) is 0. The van der Waals surface area contributed by atoms with Crippen molar-refractivity contribution in [2.24, 2.45) is 5.92 Å². The highest BCUT2D eigenvalue weighted by Gasteiger charge is 2.43. The van der Waals surface area contributed by atoms with Crippen molar-refractivity contribution in [2.45, 2.75) is 45.4 Å². The second kappa shape index (κ2) is 3.42. The van der Waals surface area contributed by atoms with E-state index in [1.54, 1.807) is 5.56 Å². The molecule has 0 heteroatoms. The predicted molar refractivity (Wildman–Crippen MR) is 61.5 cm³/mol. The molecule has 0 unspecified atom stereocenters. The van der Waals surface area contributed by atoms with Crippen LogP contribution in [0.25, 0.3) is 0 Å². The van der Waals surface area contributed by atoms with Gasteiger partial charge in [-0.2, -0.15) is 0 Å². The summed E-state index contributed by atoms with van der Waals surface area (Å²) in [5.41, 5.74) is 3.49. The summed E-state index contributed by atoms with van der Waals surface area (Å²) < 4.78 is 0. The van der Waals surface area contributed by atoms with Crippen LogP contribution in [0.4, 0.5) is 0 Å². The van der Waals surface area contributed by atoms with E-state index in [-0.39, 0.29) is 0 Å². The highest BCUT2D eigenvalue weighted by Crippen LogP contribution is 2.52. The van der Waals surface area contributed by atoms with Crippen LogP contribution < -0.4 is 0 Å². The van der Waals surface area contributed by atoms with E-state index in [4.69, 9.17) is 0 Å². The lowest BCUT2D eigenvalue weighted by atomic mass is 9.87. The highest BCUT2D eigenvalue weighted by atomic mass is 14.5. The molecule has 76 valence electrons. The number of rotatable bonds is 3. The number of hydrogen-bond acceptors (Lipinski definition) is 0. The lowest BCUT2D eigenvalue weighted by molar-refractivity contribution is 0.487. The van der Waals surface area contributed by atoms with Gasteiger partial charge >= 0.3 is 0 Å². The molecule has 0 N–H and O–H groups in total. The first-order chi connectivity index (χ1) is 6.62. The van der Waals surface area contributed by atoms with Crippen molar-refractivity contribution in [1.82, 2.24) is 0 Å². The summed E-state index contributed by atoms with van der Waals surface area (Å²) in [6, 6.07) is 9.14. The van der Waals surface area contributed by atoms with Gasteiger partial charge in [-0.25, -0.2) is 0 Å². The predicted octanol–water partition coefficient (Wildman–Crippen LogP) is 4.07. The van der Waals surface area contributed by atoms with E-state index in [1.165, 1.54) is 24.8 Å². The third-order valence-electron chi connectivity index (χ3n) is 3.32. The lowest BCUT2D eigenvalue weighted by Gasteiger charge is -2.18. The molecule has 1 aromatic carbocycles. The first-order valence-electron chi connectivity index (χ1n) is 5.69. The number of benzene rings is 1. The molecule has 1 aliphatic carbocycles. The first-order valence-corrected chi connectivity index (χ1v) is 5.69. The van der Waals surface area contributed by atoms with Gasteiger partial charge in [0.25, 0.3) is 0 Å². The van der Waals surface area contributed by atoms with E-state index in [2.05, 4.69) is 45.0 Å². The smallest absolute Gasteiger partial charge is 0.00439 e. The Morgan fingerprint density at radius 1 is 1.14 bits per heavy atom. The summed E-state index contributed by atoms with van der Waals surface area (Å²) in [5, 5.41) is 0. The van der Waals surface area contributed by atoms with Crippen molar-refractivity contribution >= 4 is 0 Å². The van der Waals surface area contributed by atoms with E-state index in [0.29, 0.717) is 5.41 Å². The average Bonchev–Trinajstić information content (AvgIpc) is 2.85. The largest absolute Gasteiger partial charge is 0.0627 e. The van der Waals surface area contributed by atoms with Gasteiger partial charge in [0.05, 0.1) is 0 Å². The van der Waals surface area contributed by atoms with Crippen molar-refractivity contribution in [1.29, 1.82) is 0 Å². The monoisotopic (exact) mass is 188 g/mol. The Morgan fingerprint density at radius 3 is 2.14 bits per heavy atom. The fraction of sp³-hybridized carbons (Fsp3) is 0.571. The van der Waals surface area contributed by atoms with E-state index in [0.717, 1.165) is 5.92 Å². The third kappa shape index (κ3) is 1.84. The Kier molecular flexibility index (Phi) is 2.38. The topological polar surface area (TPSA) is 0 Å². The minimum Gasteiger partial charge on any atom is -0.0627 e. The van der Waals surface area contributed by atoms with Crippen LogP contribution >= 0.6 is 0 Å². The fourth-order valence-corrected chi connectivity index (χ4v) is 2.45. The summed E-state index contributed by atoms with van der Waals surface area (Å²) in [7, 11) is 0. The molecule has 2 rings (SSSR count). The van der Waals surface area contributed by atoms with Gasteiger partial charge in [-0.05, 0) is 43.1 Å². The van der Waals surface area contributed by atoms with Crippen molar-refractivity contribution in [3.8, 4) is 0 Å². The molecule has 0 nitrogen and oxygen atoms in total. The Morgan fingerprint density at radius 2 is 1.71 bits per heavy atom. The Balaban J connectivity index is 2.18.